The molecule has 2 amide bonds. The van der Waals surface area contributed by atoms with E-state index >= 15 is 0 Å². The number of nitrogens with one attached hydrogen (secondary N) is 2. The summed E-state index contributed by atoms with van der Waals surface area (Å²) in [6, 6.07) is 14.0. The minimum absolute atomic E-state index is 0.00170. The summed E-state index contributed by atoms with van der Waals surface area (Å²) < 4.78 is 33.6. The fraction of sp³-hybridized carbons (Fsp3) is 0.105. The zero-order valence-corrected chi connectivity index (χ0v) is 14.4. The van der Waals surface area contributed by atoms with E-state index in [1.54, 1.807) is 24.3 Å². The Bertz CT molecular complexity index is 893. The van der Waals surface area contributed by atoms with Gasteiger partial charge in [0.2, 0.25) is 0 Å². The molecule has 0 heterocycles. The number of hydrogen-bond donors (Lipinski definition) is 2. The van der Waals surface area contributed by atoms with Gasteiger partial charge in [0.25, 0.3) is 11.8 Å². The molecule has 0 aliphatic rings. The molecule has 2 aromatic carbocycles. The van der Waals surface area contributed by atoms with E-state index in [9.17, 15) is 18.4 Å². The first-order valence-electron chi connectivity index (χ1n) is 7.91. The topological polar surface area (TPSA) is 100 Å². The summed E-state index contributed by atoms with van der Waals surface area (Å²) in [7, 11) is 0. The third-order valence-electron chi connectivity index (χ3n) is 3.22. The highest BCUT2D eigenvalue weighted by Crippen LogP contribution is 2.16. The van der Waals surface area contributed by atoms with Crippen molar-refractivity contribution in [3.05, 3.63) is 65.7 Å². The molecule has 2 aromatic rings. The van der Waals surface area contributed by atoms with Gasteiger partial charge >= 0.3 is 6.61 Å². The number of nitrogens with zero attached hydrogens (tertiary/aromatic N) is 1. The SMILES string of the molecule is N#Cc1ccccc1OCC(=O)NNC(=O)/C=C/c1ccc(OC(F)F)cc1. The van der Waals surface area contributed by atoms with Crippen molar-refractivity contribution in [1.82, 2.24) is 10.9 Å². The molecule has 0 spiro atoms. The molecule has 0 saturated heterocycles. The molecular weight excluding hydrogens is 372 g/mol. The van der Waals surface area contributed by atoms with Gasteiger partial charge in [0.1, 0.15) is 17.6 Å². The Balaban J connectivity index is 1.76. The normalized spacial score (nSPS) is 10.4. The van der Waals surface area contributed by atoms with E-state index < -0.39 is 25.0 Å². The van der Waals surface area contributed by atoms with Gasteiger partial charge in [0.05, 0.1) is 5.56 Å². The monoisotopic (exact) mass is 387 g/mol. The fourth-order valence-electron chi connectivity index (χ4n) is 1.97. The second-order valence-electron chi connectivity index (χ2n) is 5.21. The van der Waals surface area contributed by atoms with Crippen LogP contribution in [0.3, 0.4) is 0 Å². The van der Waals surface area contributed by atoms with Gasteiger partial charge in [0.15, 0.2) is 6.61 Å². The number of halogens is 2. The number of amides is 2. The van der Waals surface area contributed by atoms with Crippen molar-refractivity contribution in [2.24, 2.45) is 0 Å². The number of rotatable bonds is 7. The number of carbonyl (C=O) groups excluding carboxylic acids is 2. The maximum absolute atomic E-state index is 12.1. The summed E-state index contributed by atoms with van der Waals surface area (Å²) in [6.07, 6.45) is 2.57. The first-order chi connectivity index (χ1) is 13.5. The van der Waals surface area contributed by atoms with E-state index in [-0.39, 0.29) is 17.1 Å². The predicted molar refractivity (Wildman–Crippen MR) is 95.0 cm³/mol. The van der Waals surface area contributed by atoms with Gasteiger partial charge in [-0.3, -0.25) is 20.4 Å². The summed E-state index contributed by atoms with van der Waals surface area (Å²) in [6.45, 7) is -3.30. The molecule has 0 atom stereocenters. The van der Waals surface area contributed by atoms with Crippen LogP contribution in [0.5, 0.6) is 11.5 Å². The van der Waals surface area contributed by atoms with Gasteiger partial charge in [-0.25, -0.2) is 0 Å². The Morgan fingerprint density at radius 2 is 1.82 bits per heavy atom. The van der Waals surface area contributed by atoms with Gasteiger partial charge < -0.3 is 9.47 Å². The molecule has 0 radical (unpaired) electrons. The van der Waals surface area contributed by atoms with Crippen molar-refractivity contribution < 1.29 is 27.8 Å². The van der Waals surface area contributed by atoms with E-state index in [0.29, 0.717) is 5.56 Å². The molecule has 2 rings (SSSR count). The third kappa shape index (κ3) is 6.76. The molecule has 0 saturated carbocycles. The Labute approximate surface area is 159 Å². The van der Waals surface area contributed by atoms with Crippen molar-refractivity contribution in [1.29, 1.82) is 5.26 Å². The highest BCUT2D eigenvalue weighted by atomic mass is 19.3. The Kier molecular flexibility index (Phi) is 7.48. The van der Waals surface area contributed by atoms with Crippen LogP contribution < -0.4 is 20.3 Å². The van der Waals surface area contributed by atoms with Crippen LogP contribution >= 0.6 is 0 Å². The van der Waals surface area contributed by atoms with Crippen LogP contribution in [-0.4, -0.2) is 25.0 Å². The number of alkyl halides is 2. The van der Waals surface area contributed by atoms with E-state index in [1.807, 2.05) is 6.07 Å². The largest absolute Gasteiger partial charge is 0.482 e. The molecule has 144 valence electrons. The summed E-state index contributed by atoms with van der Waals surface area (Å²) in [4.78, 5) is 23.4. The van der Waals surface area contributed by atoms with Gasteiger partial charge in [-0.15, -0.1) is 0 Å². The summed E-state index contributed by atoms with van der Waals surface area (Å²) in [5, 5.41) is 8.93. The lowest BCUT2D eigenvalue weighted by molar-refractivity contribution is -0.128. The van der Waals surface area contributed by atoms with Gasteiger partial charge in [0, 0.05) is 6.08 Å². The van der Waals surface area contributed by atoms with Crippen molar-refractivity contribution >= 4 is 17.9 Å². The van der Waals surface area contributed by atoms with Crippen LogP contribution in [0, 0.1) is 11.3 Å². The second-order valence-corrected chi connectivity index (χ2v) is 5.21. The standard InChI is InChI=1S/C19H15F2N3O4/c20-19(21)28-15-8-5-13(6-9-15)7-10-17(25)23-24-18(26)12-27-16-4-2-1-3-14(16)11-22/h1-10,19H,12H2,(H,23,25)(H,24,26)/b10-7+. The van der Waals surface area contributed by atoms with Crippen molar-refractivity contribution in [3.63, 3.8) is 0 Å². The molecule has 28 heavy (non-hydrogen) atoms. The second kappa shape index (κ2) is 10.3. The molecular formula is C19H15F2N3O4. The minimum Gasteiger partial charge on any atom is -0.482 e. The molecule has 2 N–H and O–H groups in total. The highest BCUT2D eigenvalue weighted by Gasteiger charge is 2.07. The number of ether oxygens (including phenoxy) is 2. The van der Waals surface area contributed by atoms with Gasteiger partial charge in [-0.2, -0.15) is 14.0 Å². The first-order valence-corrected chi connectivity index (χ1v) is 7.91. The van der Waals surface area contributed by atoms with E-state index in [0.717, 1.165) is 6.08 Å². The molecule has 9 heteroatoms. The van der Waals surface area contributed by atoms with Crippen LogP contribution in [-0.2, 0) is 9.59 Å². The first kappa shape index (κ1) is 20.4. The molecule has 0 aromatic heterocycles. The van der Waals surface area contributed by atoms with Crippen LogP contribution in [0.2, 0.25) is 0 Å². The Morgan fingerprint density at radius 1 is 1.11 bits per heavy atom. The molecule has 0 aliphatic heterocycles. The lowest BCUT2D eigenvalue weighted by atomic mass is 10.2. The molecule has 0 unspecified atom stereocenters. The Hall–Kier alpha value is -3.93. The average molecular weight is 387 g/mol. The number of carbonyl (C=O) groups is 2. The zero-order chi connectivity index (χ0) is 20.4. The third-order valence-corrected chi connectivity index (χ3v) is 3.22. The average Bonchev–Trinajstić information content (AvgIpc) is 2.70. The molecule has 7 nitrogen and oxygen atoms in total. The molecule has 0 aliphatic carbocycles. The fourth-order valence-corrected chi connectivity index (χ4v) is 1.97. The van der Waals surface area contributed by atoms with E-state index in [4.69, 9.17) is 10.00 Å². The quantitative estimate of drug-likeness (QED) is 0.561. The van der Waals surface area contributed by atoms with Crippen LogP contribution in [0.25, 0.3) is 6.08 Å². The molecule has 0 bridgehead atoms. The van der Waals surface area contributed by atoms with Crippen molar-refractivity contribution in [2.45, 2.75) is 6.61 Å². The van der Waals surface area contributed by atoms with Crippen molar-refractivity contribution in [3.8, 4) is 17.6 Å². The summed E-state index contributed by atoms with van der Waals surface area (Å²) in [5.41, 5.74) is 5.17. The van der Waals surface area contributed by atoms with Crippen LogP contribution in [0.1, 0.15) is 11.1 Å². The number of nitriles is 1. The Morgan fingerprint density at radius 3 is 2.50 bits per heavy atom. The number of hydrogen-bond acceptors (Lipinski definition) is 5. The maximum Gasteiger partial charge on any atom is 0.387 e. The number of para-hydroxylation sites is 1. The van der Waals surface area contributed by atoms with Crippen molar-refractivity contribution in [2.75, 3.05) is 6.61 Å². The summed E-state index contributed by atoms with van der Waals surface area (Å²) in [5.74, 6) is -0.978. The predicted octanol–water partition coefficient (Wildman–Crippen LogP) is 2.40. The lowest BCUT2D eigenvalue weighted by Crippen LogP contribution is -2.43. The molecule has 0 fully saturated rings. The summed E-state index contributed by atoms with van der Waals surface area (Å²) >= 11 is 0. The van der Waals surface area contributed by atoms with E-state index in [2.05, 4.69) is 15.6 Å². The number of hydrazine groups is 1. The lowest BCUT2D eigenvalue weighted by Gasteiger charge is -2.08. The smallest absolute Gasteiger partial charge is 0.387 e. The van der Waals surface area contributed by atoms with E-state index in [1.165, 1.54) is 30.3 Å². The number of benzene rings is 2. The minimum atomic E-state index is -2.91. The van der Waals surface area contributed by atoms with Gasteiger partial charge in [-0.1, -0.05) is 24.3 Å². The van der Waals surface area contributed by atoms with Crippen LogP contribution in [0.4, 0.5) is 8.78 Å². The van der Waals surface area contributed by atoms with Crippen LogP contribution in [0.15, 0.2) is 54.6 Å². The maximum atomic E-state index is 12.1. The highest BCUT2D eigenvalue weighted by molar-refractivity contribution is 5.93. The van der Waals surface area contributed by atoms with Gasteiger partial charge in [-0.05, 0) is 35.9 Å². The zero-order valence-electron chi connectivity index (χ0n) is 14.4.